The summed E-state index contributed by atoms with van der Waals surface area (Å²) in [6.45, 7) is 11.1. The molecule has 1 aromatic heterocycles. The van der Waals surface area contributed by atoms with Gasteiger partial charge in [0, 0.05) is 37.5 Å². The number of benzene rings is 1. The largest absolute Gasteiger partial charge is 0.444 e. The highest BCUT2D eigenvalue weighted by Gasteiger charge is 2.31. The van der Waals surface area contributed by atoms with Gasteiger partial charge < -0.3 is 15.0 Å². The van der Waals surface area contributed by atoms with Crippen molar-refractivity contribution in [3.63, 3.8) is 0 Å². The van der Waals surface area contributed by atoms with Crippen LogP contribution in [0.15, 0.2) is 30.3 Å². The second-order valence-electron chi connectivity index (χ2n) is 9.03. The number of ether oxygens (including phenoxy) is 1. The summed E-state index contributed by atoms with van der Waals surface area (Å²) in [5.74, 6) is 1.64. The highest BCUT2D eigenvalue weighted by molar-refractivity contribution is 5.68. The van der Waals surface area contributed by atoms with Gasteiger partial charge in [0.05, 0.1) is 5.69 Å². The maximum atomic E-state index is 12.5. The van der Waals surface area contributed by atoms with E-state index in [2.05, 4.69) is 31.3 Å². The summed E-state index contributed by atoms with van der Waals surface area (Å²) in [6, 6.07) is 10.3. The topological polar surface area (TPSA) is 67.4 Å². The van der Waals surface area contributed by atoms with Crippen molar-refractivity contribution < 1.29 is 9.53 Å². The zero-order chi connectivity index (χ0) is 21.2. The lowest BCUT2D eigenvalue weighted by molar-refractivity contribution is 0.0258. The first-order valence-electron chi connectivity index (χ1n) is 10.2. The minimum absolute atomic E-state index is 0.269. The highest BCUT2D eigenvalue weighted by Crippen LogP contribution is 2.32. The molecule has 6 nitrogen and oxygen atoms in total. The van der Waals surface area contributed by atoms with Crippen LogP contribution in [0.3, 0.4) is 0 Å². The van der Waals surface area contributed by atoms with Gasteiger partial charge >= 0.3 is 6.09 Å². The predicted molar refractivity (Wildman–Crippen MR) is 115 cm³/mol. The number of carbonyl (C=O) groups is 1. The molecule has 0 atom stereocenters. The van der Waals surface area contributed by atoms with Crippen LogP contribution < -0.4 is 5.32 Å². The van der Waals surface area contributed by atoms with Crippen LogP contribution in [0.2, 0.25) is 0 Å². The minimum Gasteiger partial charge on any atom is -0.444 e. The molecule has 0 radical (unpaired) electrons. The SMILES string of the molecule is CNc1nc(C(C)(C)c2ccccc2)nc2c1CCN(C(=O)OC(C)(C)C)CC2. The number of aromatic nitrogens is 2. The second-order valence-corrected chi connectivity index (χ2v) is 9.03. The third kappa shape index (κ3) is 4.69. The number of amides is 1. The summed E-state index contributed by atoms with van der Waals surface area (Å²) in [5, 5.41) is 3.24. The molecule has 0 saturated carbocycles. The van der Waals surface area contributed by atoms with Gasteiger partial charge in [0.15, 0.2) is 0 Å². The summed E-state index contributed by atoms with van der Waals surface area (Å²) in [7, 11) is 1.89. The van der Waals surface area contributed by atoms with Gasteiger partial charge in [-0.2, -0.15) is 0 Å². The molecule has 1 N–H and O–H groups in total. The molecule has 1 aliphatic rings. The standard InChI is InChI=1S/C23H32N4O2/c1-22(2,3)29-21(28)27-14-12-17-18(13-15-27)25-20(26-19(17)24-6)23(4,5)16-10-8-7-9-11-16/h7-11H,12-15H2,1-6H3,(H,24,25,26). The fourth-order valence-electron chi connectivity index (χ4n) is 3.58. The van der Waals surface area contributed by atoms with Crippen molar-refractivity contribution in [3.05, 3.63) is 53.0 Å². The maximum absolute atomic E-state index is 12.5. The Balaban J connectivity index is 1.91. The Morgan fingerprint density at radius 3 is 2.31 bits per heavy atom. The van der Waals surface area contributed by atoms with E-state index in [4.69, 9.17) is 14.7 Å². The van der Waals surface area contributed by atoms with Crippen LogP contribution in [-0.4, -0.2) is 46.7 Å². The normalized spacial score (nSPS) is 14.8. The number of nitrogens with zero attached hydrogens (tertiary/aromatic N) is 3. The van der Waals surface area contributed by atoms with E-state index in [1.165, 1.54) is 5.56 Å². The van der Waals surface area contributed by atoms with Gasteiger partial charge in [0.1, 0.15) is 17.2 Å². The zero-order valence-corrected chi connectivity index (χ0v) is 18.4. The van der Waals surface area contributed by atoms with Crippen molar-refractivity contribution in [2.75, 3.05) is 25.5 Å². The first kappa shape index (κ1) is 21.1. The molecule has 0 fully saturated rings. The Morgan fingerprint density at radius 2 is 1.69 bits per heavy atom. The van der Waals surface area contributed by atoms with Crippen LogP contribution in [0.25, 0.3) is 0 Å². The molecule has 0 aliphatic carbocycles. The van der Waals surface area contributed by atoms with Crippen molar-refractivity contribution in [1.82, 2.24) is 14.9 Å². The van der Waals surface area contributed by atoms with E-state index in [9.17, 15) is 4.79 Å². The summed E-state index contributed by atoms with van der Waals surface area (Å²) in [4.78, 5) is 24.1. The second kappa shape index (κ2) is 8.01. The first-order valence-corrected chi connectivity index (χ1v) is 10.2. The first-order chi connectivity index (χ1) is 13.6. The number of hydrogen-bond acceptors (Lipinski definition) is 5. The molecule has 0 unspecified atom stereocenters. The van der Waals surface area contributed by atoms with Gasteiger partial charge in [-0.05, 0) is 46.6 Å². The molecule has 156 valence electrons. The van der Waals surface area contributed by atoms with Crippen molar-refractivity contribution in [1.29, 1.82) is 0 Å². The van der Waals surface area contributed by atoms with E-state index in [1.807, 2.05) is 46.0 Å². The van der Waals surface area contributed by atoms with Gasteiger partial charge in [-0.3, -0.25) is 0 Å². The van der Waals surface area contributed by atoms with E-state index in [0.29, 0.717) is 25.9 Å². The molecular formula is C23H32N4O2. The molecule has 1 amide bonds. The fourth-order valence-corrected chi connectivity index (χ4v) is 3.58. The number of hydrogen-bond donors (Lipinski definition) is 1. The Morgan fingerprint density at radius 1 is 1.03 bits per heavy atom. The van der Waals surface area contributed by atoms with Crippen LogP contribution in [0, 0.1) is 0 Å². The number of anilines is 1. The summed E-state index contributed by atoms with van der Waals surface area (Å²) < 4.78 is 5.56. The third-order valence-corrected chi connectivity index (χ3v) is 5.29. The molecule has 29 heavy (non-hydrogen) atoms. The molecule has 6 heteroatoms. The molecule has 2 aromatic rings. The van der Waals surface area contributed by atoms with E-state index in [1.54, 1.807) is 4.90 Å². The van der Waals surface area contributed by atoms with Crippen molar-refractivity contribution in [2.45, 2.75) is 58.5 Å². The molecular weight excluding hydrogens is 364 g/mol. The monoisotopic (exact) mass is 396 g/mol. The van der Waals surface area contributed by atoms with Gasteiger partial charge in [0.2, 0.25) is 0 Å². The van der Waals surface area contributed by atoms with Crippen LogP contribution in [0.1, 0.15) is 57.3 Å². The van der Waals surface area contributed by atoms with Gasteiger partial charge in [-0.15, -0.1) is 0 Å². The van der Waals surface area contributed by atoms with Crippen LogP contribution in [0.4, 0.5) is 10.6 Å². The summed E-state index contributed by atoms with van der Waals surface area (Å²) >= 11 is 0. The Bertz CT molecular complexity index is 872. The zero-order valence-electron chi connectivity index (χ0n) is 18.4. The van der Waals surface area contributed by atoms with Gasteiger partial charge in [0.25, 0.3) is 0 Å². The van der Waals surface area contributed by atoms with Crippen LogP contribution in [0.5, 0.6) is 0 Å². The van der Waals surface area contributed by atoms with E-state index >= 15 is 0 Å². The predicted octanol–water partition coefficient (Wildman–Crippen LogP) is 4.18. The molecule has 0 spiro atoms. The average molecular weight is 397 g/mol. The summed E-state index contributed by atoms with van der Waals surface area (Å²) in [6.07, 6.45) is 1.12. The average Bonchev–Trinajstić information content (AvgIpc) is 2.89. The molecule has 1 aromatic carbocycles. The molecule has 1 aliphatic heterocycles. The highest BCUT2D eigenvalue weighted by atomic mass is 16.6. The van der Waals surface area contributed by atoms with Crippen molar-refractivity contribution >= 4 is 11.9 Å². The molecule has 0 bridgehead atoms. The van der Waals surface area contributed by atoms with E-state index in [0.717, 1.165) is 22.9 Å². The van der Waals surface area contributed by atoms with Crippen LogP contribution >= 0.6 is 0 Å². The van der Waals surface area contributed by atoms with Gasteiger partial charge in [-0.25, -0.2) is 14.8 Å². The minimum atomic E-state index is -0.501. The van der Waals surface area contributed by atoms with Crippen LogP contribution in [-0.2, 0) is 23.0 Å². The van der Waals surface area contributed by atoms with Gasteiger partial charge in [-0.1, -0.05) is 30.3 Å². The lowest BCUT2D eigenvalue weighted by Crippen LogP contribution is -2.38. The molecule has 3 rings (SSSR count). The molecule has 0 saturated heterocycles. The Kier molecular flexibility index (Phi) is 5.82. The number of carbonyl (C=O) groups excluding carboxylic acids is 1. The van der Waals surface area contributed by atoms with E-state index < -0.39 is 5.60 Å². The summed E-state index contributed by atoms with van der Waals surface area (Å²) in [5.41, 5.74) is 2.45. The third-order valence-electron chi connectivity index (χ3n) is 5.29. The number of rotatable bonds is 3. The quantitative estimate of drug-likeness (QED) is 0.843. The smallest absolute Gasteiger partial charge is 0.410 e. The van der Waals surface area contributed by atoms with Crippen molar-refractivity contribution in [2.24, 2.45) is 0 Å². The van der Waals surface area contributed by atoms with Crippen molar-refractivity contribution in [3.8, 4) is 0 Å². The number of fused-ring (bicyclic) bond motifs is 1. The lowest BCUT2D eigenvalue weighted by Gasteiger charge is -2.26. The lowest BCUT2D eigenvalue weighted by atomic mass is 9.83. The fraction of sp³-hybridized carbons (Fsp3) is 0.522. The Hall–Kier alpha value is -2.63. The molecule has 2 heterocycles. The maximum Gasteiger partial charge on any atom is 0.410 e. The van der Waals surface area contributed by atoms with E-state index in [-0.39, 0.29) is 11.5 Å². The number of nitrogens with one attached hydrogen (secondary N) is 1. The Labute approximate surface area is 173 Å².